The third kappa shape index (κ3) is 3.04. The number of rotatable bonds is 4. The predicted molar refractivity (Wildman–Crippen MR) is 78.8 cm³/mol. The number of aromatic nitrogens is 1. The topological polar surface area (TPSA) is 24.9 Å². The van der Waals surface area contributed by atoms with Gasteiger partial charge < -0.3 is 5.32 Å². The highest BCUT2D eigenvalue weighted by atomic mass is 35.5. The number of likely N-dealkylation sites (N-methyl/N-ethyl adjacent to an activating group) is 1. The minimum Gasteiger partial charge on any atom is -0.311 e. The number of hydrogen-bond acceptors (Lipinski definition) is 3. The molecule has 0 aliphatic carbocycles. The Labute approximate surface area is 121 Å². The Bertz CT molecular complexity index is 519. The lowest BCUT2D eigenvalue weighted by atomic mass is 10.0. The van der Waals surface area contributed by atoms with Gasteiger partial charge in [-0.3, -0.25) is 0 Å². The summed E-state index contributed by atoms with van der Waals surface area (Å²) in [4.78, 5) is 4.51. The molecule has 2 nitrogen and oxygen atoms in total. The molecule has 1 unspecified atom stereocenters. The molecule has 0 fully saturated rings. The van der Waals surface area contributed by atoms with Gasteiger partial charge in [-0.25, -0.2) is 4.98 Å². The average molecular weight is 301 g/mol. The molecule has 2 rings (SSSR count). The molecule has 0 amide bonds. The molecule has 1 aromatic heterocycles. The summed E-state index contributed by atoms with van der Waals surface area (Å²) < 4.78 is 0. The number of benzene rings is 1. The molecule has 1 N–H and O–H groups in total. The van der Waals surface area contributed by atoms with Gasteiger partial charge in [0.15, 0.2) is 0 Å². The summed E-state index contributed by atoms with van der Waals surface area (Å²) in [7, 11) is 1.92. The molecule has 0 radical (unpaired) electrons. The van der Waals surface area contributed by atoms with Crippen molar-refractivity contribution in [2.75, 3.05) is 7.05 Å². The lowest BCUT2D eigenvalue weighted by Crippen LogP contribution is -2.19. The van der Waals surface area contributed by atoms with Gasteiger partial charge in [-0.05, 0) is 38.1 Å². The van der Waals surface area contributed by atoms with Crippen LogP contribution in [0.3, 0.4) is 0 Å². The van der Waals surface area contributed by atoms with Crippen molar-refractivity contribution in [2.45, 2.75) is 19.4 Å². The van der Waals surface area contributed by atoms with Crippen molar-refractivity contribution in [1.29, 1.82) is 0 Å². The van der Waals surface area contributed by atoms with E-state index in [9.17, 15) is 0 Å². The minimum absolute atomic E-state index is 0.132. The Hall–Kier alpha value is -0.610. The molecular formula is C13H14Cl2N2S. The van der Waals surface area contributed by atoms with Crippen LogP contribution in [-0.2, 0) is 6.42 Å². The third-order valence-electron chi connectivity index (χ3n) is 2.81. The summed E-state index contributed by atoms with van der Waals surface area (Å²) in [6, 6.07) is 5.71. The second-order valence-electron chi connectivity index (χ2n) is 4.04. The van der Waals surface area contributed by atoms with Crippen LogP contribution < -0.4 is 5.32 Å². The molecule has 96 valence electrons. The first-order chi connectivity index (χ1) is 8.61. The van der Waals surface area contributed by atoms with Crippen LogP contribution in [0.15, 0.2) is 23.6 Å². The van der Waals surface area contributed by atoms with Crippen LogP contribution in [0.1, 0.15) is 22.3 Å². The van der Waals surface area contributed by atoms with E-state index in [-0.39, 0.29) is 6.04 Å². The highest BCUT2D eigenvalue weighted by Crippen LogP contribution is 2.29. The SMILES string of the molecule is CNC(Cc1c(Cl)cccc1Cl)c1csc(C)n1. The number of nitrogens with zero attached hydrogens (tertiary/aromatic N) is 1. The van der Waals surface area contributed by atoms with Crippen LogP contribution in [0.25, 0.3) is 0 Å². The van der Waals surface area contributed by atoms with Gasteiger partial charge >= 0.3 is 0 Å². The van der Waals surface area contributed by atoms with E-state index >= 15 is 0 Å². The van der Waals surface area contributed by atoms with Gasteiger partial charge in [0.2, 0.25) is 0 Å². The maximum absolute atomic E-state index is 6.19. The van der Waals surface area contributed by atoms with Crippen LogP contribution in [-0.4, -0.2) is 12.0 Å². The number of nitrogens with one attached hydrogen (secondary N) is 1. The van der Waals surface area contributed by atoms with Crippen LogP contribution in [0.5, 0.6) is 0 Å². The summed E-state index contributed by atoms with van der Waals surface area (Å²) >= 11 is 14.0. The van der Waals surface area contributed by atoms with Crippen molar-refractivity contribution >= 4 is 34.5 Å². The minimum atomic E-state index is 0.132. The van der Waals surface area contributed by atoms with Gasteiger partial charge in [-0.1, -0.05) is 29.3 Å². The fraction of sp³-hybridized carbons (Fsp3) is 0.308. The molecule has 1 heterocycles. The third-order valence-corrected chi connectivity index (χ3v) is 4.31. The Kier molecular flexibility index (Phi) is 4.62. The van der Waals surface area contributed by atoms with E-state index in [0.29, 0.717) is 10.0 Å². The Morgan fingerprint density at radius 1 is 1.33 bits per heavy atom. The predicted octanol–water partition coefficient (Wildman–Crippen LogP) is 4.26. The first-order valence-corrected chi connectivity index (χ1v) is 7.27. The lowest BCUT2D eigenvalue weighted by Gasteiger charge is -2.15. The van der Waals surface area contributed by atoms with Gasteiger partial charge in [0.1, 0.15) is 0 Å². The number of thiazole rings is 1. The smallest absolute Gasteiger partial charge is 0.0898 e. The zero-order valence-corrected chi connectivity index (χ0v) is 12.5. The molecule has 1 atom stereocenters. The summed E-state index contributed by atoms with van der Waals surface area (Å²) in [5, 5.41) is 7.80. The van der Waals surface area contributed by atoms with Crippen molar-refractivity contribution in [1.82, 2.24) is 10.3 Å². The van der Waals surface area contributed by atoms with E-state index in [1.54, 1.807) is 11.3 Å². The summed E-state index contributed by atoms with van der Waals surface area (Å²) in [5.74, 6) is 0. The first-order valence-electron chi connectivity index (χ1n) is 5.64. The summed E-state index contributed by atoms with van der Waals surface area (Å²) in [5.41, 5.74) is 2.00. The zero-order valence-electron chi connectivity index (χ0n) is 10.2. The lowest BCUT2D eigenvalue weighted by molar-refractivity contribution is 0.578. The molecule has 0 saturated carbocycles. The van der Waals surface area contributed by atoms with Crippen LogP contribution in [0.2, 0.25) is 10.0 Å². The second kappa shape index (κ2) is 6.02. The first kappa shape index (κ1) is 13.8. The van der Waals surface area contributed by atoms with E-state index in [2.05, 4.69) is 15.7 Å². The maximum Gasteiger partial charge on any atom is 0.0898 e. The highest BCUT2D eigenvalue weighted by molar-refractivity contribution is 7.09. The molecule has 5 heteroatoms. The number of halogens is 2. The summed E-state index contributed by atoms with van der Waals surface area (Å²) in [6.07, 6.45) is 0.734. The van der Waals surface area contributed by atoms with E-state index in [0.717, 1.165) is 22.7 Å². The second-order valence-corrected chi connectivity index (χ2v) is 5.91. The van der Waals surface area contributed by atoms with Gasteiger partial charge in [-0.2, -0.15) is 0 Å². The van der Waals surface area contributed by atoms with E-state index in [4.69, 9.17) is 23.2 Å². The summed E-state index contributed by atoms with van der Waals surface area (Å²) in [6.45, 7) is 2.00. The number of aryl methyl sites for hydroxylation is 1. The Morgan fingerprint density at radius 2 is 2.00 bits per heavy atom. The largest absolute Gasteiger partial charge is 0.311 e. The fourth-order valence-electron chi connectivity index (χ4n) is 1.83. The van der Waals surface area contributed by atoms with Gasteiger partial charge in [0, 0.05) is 15.4 Å². The van der Waals surface area contributed by atoms with Gasteiger partial charge in [0.25, 0.3) is 0 Å². The van der Waals surface area contributed by atoms with Crippen LogP contribution in [0, 0.1) is 6.92 Å². The van der Waals surface area contributed by atoms with Crippen molar-refractivity contribution in [2.24, 2.45) is 0 Å². The van der Waals surface area contributed by atoms with Gasteiger partial charge in [0.05, 0.1) is 16.7 Å². The molecule has 18 heavy (non-hydrogen) atoms. The normalized spacial score (nSPS) is 12.7. The van der Waals surface area contributed by atoms with Gasteiger partial charge in [-0.15, -0.1) is 11.3 Å². The molecule has 1 aromatic carbocycles. The number of hydrogen-bond donors (Lipinski definition) is 1. The molecule has 0 aliphatic rings. The molecule has 0 aliphatic heterocycles. The maximum atomic E-state index is 6.19. The molecular weight excluding hydrogens is 287 g/mol. The Balaban J connectivity index is 2.26. The van der Waals surface area contributed by atoms with E-state index in [1.165, 1.54) is 0 Å². The molecule has 0 bridgehead atoms. The monoisotopic (exact) mass is 300 g/mol. The molecule has 2 aromatic rings. The van der Waals surface area contributed by atoms with Crippen molar-refractivity contribution in [3.8, 4) is 0 Å². The zero-order chi connectivity index (χ0) is 13.1. The van der Waals surface area contributed by atoms with Crippen LogP contribution >= 0.6 is 34.5 Å². The highest BCUT2D eigenvalue weighted by Gasteiger charge is 2.16. The van der Waals surface area contributed by atoms with E-state index < -0.39 is 0 Å². The standard InChI is InChI=1S/C13H14Cl2N2S/c1-8-17-13(7-18-8)12(16-2)6-9-10(14)4-3-5-11(9)15/h3-5,7,12,16H,6H2,1-2H3. The van der Waals surface area contributed by atoms with E-state index in [1.807, 2.05) is 32.2 Å². The quantitative estimate of drug-likeness (QED) is 0.912. The fourth-order valence-corrected chi connectivity index (χ4v) is 3.04. The average Bonchev–Trinajstić information content (AvgIpc) is 2.76. The van der Waals surface area contributed by atoms with Crippen LogP contribution in [0.4, 0.5) is 0 Å². The molecule has 0 saturated heterocycles. The Morgan fingerprint density at radius 3 is 2.50 bits per heavy atom. The van der Waals surface area contributed by atoms with Crippen molar-refractivity contribution < 1.29 is 0 Å². The molecule has 0 spiro atoms. The van der Waals surface area contributed by atoms with Crippen molar-refractivity contribution in [3.05, 3.63) is 49.9 Å². The van der Waals surface area contributed by atoms with Crippen molar-refractivity contribution in [3.63, 3.8) is 0 Å².